The van der Waals surface area contributed by atoms with Crippen LogP contribution in [0.15, 0.2) is 48.5 Å². The molecule has 0 saturated heterocycles. The molecule has 4 nitrogen and oxygen atoms in total. The fraction of sp³-hybridized carbons (Fsp3) is 0.263. The van der Waals surface area contributed by atoms with Crippen LogP contribution in [0.3, 0.4) is 0 Å². The number of amides is 2. The number of rotatable bonds is 5. The second-order valence-corrected chi connectivity index (χ2v) is 6.85. The predicted molar refractivity (Wildman–Crippen MR) is 103 cm³/mol. The van der Waals surface area contributed by atoms with Crippen molar-refractivity contribution in [1.82, 2.24) is 0 Å². The summed E-state index contributed by atoms with van der Waals surface area (Å²) in [5.74, 6) is -0.743. The summed E-state index contributed by atoms with van der Waals surface area (Å²) in [6, 6.07) is 14.2. The van der Waals surface area contributed by atoms with E-state index in [2.05, 4.69) is 5.32 Å². The zero-order valence-corrected chi connectivity index (χ0v) is 15.9. The molecule has 0 unspecified atom stereocenters. The number of benzene rings is 2. The molecular weight excluding hydrogens is 359 g/mol. The molecule has 132 valence electrons. The van der Waals surface area contributed by atoms with Crippen molar-refractivity contribution < 1.29 is 9.59 Å². The van der Waals surface area contributed by atoms with Gasteiger partial charge in [0.1, 0.15) is 5.41 Å². The summed E-state index contributed by atoms with van der Waals surface area (Å²) in [6.45, 7) is 5.51. The van der Waals surface area contributed by atoms with Gasteiger partial charge in [-0.2, -0.15) is 0 Å². The highest BCUT2D eigenvalue weighted by atomic mass is 35.5. The molecule has 0 fully saturated rings. The number of carbonyl (C=O) groups excluding carboxylic acids is 2. The third-order valence-electron chi connectivity index (χ3n) is 3.93. The topological polar surface area (TPSA) is 49.4 Å². The van der Waals surface area contributed by atoms with Gasteiger partial charge in [0, 0.05) is 12.2 Å². The Morgan fingerprint density at radius 2 is 1.68 bits per heavy atom. The maximum Gasteiger partial charge on any atom is 0.242 e. The molecule has 0 aliphatic carbocycles. The minimum Gasteiger partial charge on any atom is -0.324 e. The molecule has 25 heavy (non-hydrogen) atoms. The second kappa shape index (κ2) is 7.89. The van der Waals surface area contributed by atoms with Crippen LogP contribution in [0.4, 0.5) is 11.4 Å². The minimum atomic E-state index is -1.28. The van der Waals surface area contributed by atoms with Crippen LogP contribution in [0.1, 0.15) is 20.8 Å². The molecule has 2 aromatic rings. The Kier molecular flexibility index (Phi) is 6.09. The van der Waals surface area contributed by atoms with E-state index >= 15 is 0 Å². The first-order chi connectivity index (χ1) is 11.8. The summed E-state index contributed by atoms with van der Waals surface area (Å²) in [7, 11) is 0. The molecule has 0 atom stereocenters. The van der Waals surface area contributed by atoms with Gasteiger partial charge in [-0.25, -0.2) is 0 Å². The van der Waals surface area contributed by atoms with Crippen molar-refractivity contribution >= 4 is 46.4 Å². The Morgan fingerprint density at radius 1 is 1.04 bits per heavy atom. The van der Waals surface area contributed by atoms with Crippen LogP contribution in [0.2, 0.25) is 10.0 Å². The minimum absolute atomic E-state index is 0.246. The van der Waals surface area contributed by atoms with Crippen molar-refractivity contribution in [3.63, 3.8) is 0 Å². The molecule has 0 bridgehead atoms. The maximum atomic E-state index is 13.0. The van der Waals surface area contributed by atoms with Crippen molar-refractivity contribution in [1.29, 1.82) is 0 Å². The summed E-state index contributed by atoms with van der Waals surface area (Å²) in [5, 5.41) is 3.28. The summed E-state index contributed by atoms with van der Waals surface area (Å²) < 4.78 is 0. The first kappa shape index (κ1) is 19.3. The van der Waals surface area contributed by atoms with Gasteiger partial charge in [-0.3, -0.25) is 9.59 Å². The molecule has 0 aliphatic heterocycles. The highest BCUT2D eigenvalue weighted by molar-refractivity contribution is 6.44. The quantitative estimate of drug-likeness (QED) is 0.743. The highest BCUT2D eigenvalue weighted by Gasteiger charge is 2.39. The smallest absolute Gasteiger partial charge is 0.242 e. The summed E-state index contributed by atoms with van der Waals surface area (Å²) >= 11 is 12.1. The van der Waals surface area contributed by atoms with Gasteiger partial charge in [-0.15, -0.1) is 0 Å². The Bertz CT molecular complexity index is 776. The van der Waals surface area contributed by atoms with Crippen molar-refractivity contribution in [3.05, 3.63) is 58.6 Å². The molecule has 2 aromatic carbocycles. The van der Waals surface area contributed by atoms with E-state index in [-0.39, 0.29) is 10.9 Å². The number of hydrogen-bond donors (Lipinski definition) is 1. The molecule has 0 saturated carbocycles. The van der Waals surface area contributed by atoms with Crippen molar-refractivity contribution in [3.8, 4) is 0 Å². The monoisotopic (exact) mass is 378 g/mol. The van der Waals surface area contributed by atoms with Gasteiger partial charge in [0.2, 0.25) is 11.8 Å². The van der Waals surface area contributed by atoms with Gasteiger partial charge in [0.05, 0.1) is 15.7 Å². The van der Waals surface area contributed by atoms with Crippen LogP contribution in [0.5, 0.6) is 0 Å². The standard InChI is InChI=1S/C19H20Cl2N2O2/c1-4-23(13-9-6-5-7-10-13)18(25)19(2,3)17(24)22-15-12-8-11-14(20)16(15)21/h5-12H,4H2,1-3H3,(H,22,24). The van der Waals surface area contributed by atoms with Crippen LogP contribution in [-0.4, -0.2) is 18.4 Å². The van der Waals surface area contributed by atoms with Crippen molar-refractivity contribution in [2.45, 2.75) is 20.8 Å². The lowest BCUT2D eigenvalue weighted by Crippen LogP contribution is -2.47. The van der Waals surface area contributed by atoms with Crippen LogP contribution in [0.25, 0.3) is 0 Å². The number of para-hydroxylation sites is 1. The number of carbonyl (C=O) groups is 2. The van der Waals surface area contributed by atoms with E-state index < -0.39 is 11.3 Å². The molecule has 0 radical (unpaired) electrons. The van der Waals surface area contributed by atoms with Crippen LogP contribution in [-0.2, 0) is 9.59 Å². The van der Waals surface area contributed by atoms with Gasteiger partial charge in [0.15, 0.2) is 0 Å². The third kappa shape index (κ3) is 4.14. The van der Waals surface area contributed by atoms with Gasteiger partial charge in [-0.1, -0.05) is 47.5 Å². The predicted octanol–water partition coefficient (Wildman–Crippen LogP) is 5.01. The Hall–Kier alpha value is -2.04. The van der Waals surface area contributed by atoms with Crippen LogP contribution < -0.4 is 10.2 Å². The second-order valence-electron chi connectivity index (χ2n) is 6.07. The molecule has 0 heterocycles. The van der Waals surface area contributed by atoms with Crippen molar-refractivity contribution in [2.24, 2.45) is 5.41 Å². The number of nitrogens with one attached hydrogen (secondary N) is 1. The number of hydrogen-bond acceptors (Lipinski definition) is 2. The number of halogens is 2. The lowest BCUT2D eigenvalue weighted by molar-refractivity contribution is -0.136. The molecule has 0 spiro atoms. The Labute approximate surface area is 157 Å². The van der Waals surface area contributed by atoms with E-state index in [9.17, 15) is 9.59 Å². The molecule has 0 aromatic heterocycles. The zero-order chi connectivity index (χ0) is 18.6. The normalized spacial score (nSPS) is 11.1. The van der Waals surface area contributed by atoms with Crippen LogP contribution >= 0.6 is 23.2 Å². The van der Waals surface area contributed by atoms with Gasteiger partial charge in [0.25, 0.3) is 0 Å². The van der Waals surface area contributed by atoms with E-state index in [1.165, 1.54) is 0 Å². The summed E-state index contributed by atoms with van der Waals surface area (Å²) in [6.07, 6.45) is 0. The van der Waals surface area contributed by atoms with Crippen molar-refractivity contribution in [2.75, 3.05) is 16.8 Å². The fourth-order valence-electron chi connectivity index (χ4n) is 2.36. The lowest BCUT2D eigenvalue weighted by Gasteiger charge is -2.30. The van der Waals surface area contributed by atoms with E-state index in [1.807, 2.05) is 37.3 Å². The van der Waals surface area contributed by atoms with Gasteiger partial charge >= 0.3 is 0 Å². The van der Waals surface area contributed by atoms with E-state index in [0.29, 0.717) is 17.3 Å². The zero-order valence-electron chi connectivity index (χ0n) is 14.3. The summed E-state index contributed by atoms with van der Waals surface area (Å²) in [4.78, 5) is 27.3. The molecule has 6 heteroatoms. The highest BCUT2D eigenvalue weighted by Crippen LogP contribution is 2.32. The van der Waals surface area contributed by atoms with E-state index in [4.69, 9.17) is 23.2 Å². The average Bonchev–Trinajstić information content (AvgIpc) is 2.60. The molecular formula is C19H20Cl2N2O2. The Balaban J connectivity index is 2.25. The largest absolute Gasteiger partial charge is 0.324 e. The van der Waals surface area contributed by atoms with E-state index in [0.717, 1.165) is 5.69 Å². The van der Waals surface area contributed by atoms with Gasteiger partial charge in [-0.05, 0) is 45.0 Å². The third-order valence-corrected chi connectivity index (χ3v) is 4.75. The maximum absolute atomic E-state index is 13.0. The number of nitrogens with zero attached hydrogens (tertiary/aromatic N) is 1. The van der Waals surface area contributed by atoms with Crippen LogP contribution in [0, 0.1) is 5.41 Å². The number of anilines is 2. The Morgan fingerprint density at radius 3 is 2.28 bits per heavy atom. The molecule has 2 amide bonds. The lowest BCUT2D eigenvalue weighted by atomic mass is 9.89. The first-order valence-corrected chi connectivity index (χ1v) is 8.67. The average molecular weight is 379 g/mol. The fourth-order valence-corrected chi connectivity index (χ4v) is 2.71. The SMILES string of the molecule is CCN(C(=O)C(C)(C)C(=O)Nc1cccc(Cl)c1Cl)c1ccccc1. The molecule has 0 aliphatic rings. The summed E-state index contributed by atoms with van der Waals surface area (Å²) in [5.41, 5.74) is -0.156. The first-order valence-electron chi connectivity index (χ1n) is 7.91. The molecule has 2 rings (SSSR count). The van der Waals surface area contributed by atoms with Gasteiger partial charge < -0.3 is 10.2 Å². The molecule has 1 N–H and O–H groups in total. The van der Waals surface area contributed by atoms with E-state index in [1.54, 1.807) is 36.9 Å².